The van der Waals surface area contributed by atoms with Crippen molar-refractivity contribution in [1.29, 1.82) is 0 Å². The van der Waals surface area contributed by atoms with E-state index in [0.29, 0.717) is 33.4 Å². The first-order valence-electron chi connectivity index (χ1n) is 10.1. The van der Waals surface area contributed by atoms with Gasteiger partial charge in [-0.15, -0.1) is 0 Å². The van der Waals surface area contributed by atoms with Gasteiger partial charge in [0.15, 0.2) is 11.6 Å². The smallest absolute Gasteiger partial charge is 0.338 e. The van der Waals surface area contributed by atoms with Crippen molar-refractivity contribution in [2.24, 2.45) is 0 Å². The van der Waals surface area contributed by atoms with E-state index < -0.39 is 11.9 Å². The summed E-state index contributed by atoms with van der Waals surface area (Å²) >= 11 is 0. The minimum absolute atomic E-state index is 0.0735. The van der Waals surface area contributed by atoms with Crippen molar-refractivity contribution in [2.75, 3.05) is 13.2 Å². The van der Waals surface area contributed by atoms with Gasteiger partial charge in [-0.1, -0.05) is 24.3 Å². The summed E-state index contributed by atoms with van der Waals surface area (Å²) < 4.78 is 10.4. The molecule has 0 heterocycles. The topological polar surface area (TPSA) is 86.7 Å². The van der Waals surface area contributed by atoms with Crippen LogP contribution in [0.2, 0.25) is 0 Å². The van der Waals surface area contributed by atoms with Gasteiger partial charge in [0.05, 0.1) is 24.3 Å². The quantitative estimate of drug-likeness (QED) is 0.696. The maximum absolute atomic E-state index is 12.8. The summed E-state index contributed by atoms with van der Waals surface area (Å²) in [6.45, 7) is 3.89. The Hall–Kier alpha value is -3.28. The molecule has 0 saturated heterocycles. The first-order chi connectivity index (χ1) is 14.5. The van der Waals surface area contributed by atoms with Gasteiger partial charge in [-0.3, -0.25) is 9.59 Å². The van der Waals surface area contributed by atoms with Crippen molar-refractivity contribution < 1.29 is 28.7 Å². The Morgan fingerprint density at radius 2 is 1.17 bits per heavy atom. The number of ketones is 2. The van der Waals surface area contributed by atoms with Crippen LogP contribution in [0, 0.1) is 0 Å². The van der Waals surface area contributed by atoms with Gasteiger partial charge in [-0.25, -0.2) is 9.59 Å². The minimum Gasteiger partial charge on any atom is -0.462 e. The lowest BCUT2D eigenvalue weighted by Gasteiger charge is -2.23. The summed E-state index contributed by atoms with van der Waals surface area (Å²) in [6.07, 6.45) is 0.362. The number of hydrogen-bond acceptors (Lipinski definition) is 6. The van der Waals surface area contributed by atoms with Crippen LogP contribution in [0.3, 0.4) is 0 Å². The highest BCUT2D eigenvalue weighted by molar-refractivity contribution is 6.08. The van der Waals surface area contributed by atoms with Crippen LogP contribution in [0.15, 0.2) is 36.4 Å². The summed E-state index contributed by atoms with van der Waals surface area (Å²) in [5.74, 6) is -1.89. The molecule has 0 N–H and O–H groups in total. The molecule has 4 rings (SSSR count). The Morgan fingerprint density at radius 3 is 1.53 bits per heavy atom. The fourth-order valence-electron chi connectivity index (χ4n) is 4.70. The van der Waals surface area contributed by atoms with Gasteiger partial charge < -0.3 is 9.47 Å². The van der Waals surface area contributed by atoms with Crippen molar-refractivity contribution in [3.8, 4) is 0 Å². The lowest BCUT2D eigenvalue weighted by Crippen LogP contribution is -2.16. The molecule has 30 heavy (non-hydrogen) atoms. The fourth-order valence-corrected chi connectivity index (χ4v) is 4.70. The second-order valence-corrected chi connectivity index (χ2v) is 7.44. The zero-order valence-electron chi connectivity index (χ0n) is 16.9. The normalized spacial score (nSPS) is 19.4. The Kier molecular flexibility index (Phi) is 5.24. The zero-order valence-corrected chi connectivity index (χ0v) is 16.9. The van der Waals surface area contributed by atoms with Crippen LogP contribution >= 0.6 is 0 Å². The van der Waals surface area contributed by atoms with E-state index in [1.165, 1.54) is 0 Å². The van der Waals surface area contributed by atoms with Crippen molar-refractivity contribution in [2.45, 2.75) is 38.5 Å². The first kappa shape index (κ1) is 20.0. The maximum Gasteiger partial charge on any atom is 0.338 e. The van der Waals surface area contributed by atoms with Gasteiger partial charge in [0.2, 0.25) is 0 Å². The van der Waals surface area contributed by atoms with Crippen LogP contribution in [-0.2, 0) is 9.47 Å². The Morgan fingerprint density at radius 1 is 0.767 bits per heavy atom. The van der Waals surface area contributed by atoms with Crippen LogP contribution in [0.4, 0.5) is 0 Å². The molecule has 0 fully saturated rings. The zero-order chi connectivity index (χ0) is 21.4. The summed E-state index contributed by atoms with van der Waals surface area (Å²) in [5.41, 5.74) is 2.90. The van der Waals surface area contributed by atoms with E-state index in [-0.39, 0.29) is 49.5 Å². The molecule has 0 aromatic heterocycles. The summed E-state index contributed by atoms with van der Waals surface area (Å²) in [7, 11) is 0. The summed E-state index contributed by atoms with van der Waals surface area (Å²) in [6, 6.07) is 10.0. The van der Waals surface area contributed by atoms with Gasteiger partial charge in [0.25, 0.3) is 0 Å². The van der Waals surface area contributed by atoms with E-state index in [1.807, 2.05) is 0 Å². The van der Waals surface area contributed by atoms with E-state index in [9.17, 15) is 19.2 Å². The average molecular weight is 406 g/mol. The summed E-state index contributed by atoms with van der Waals surface area (Å²) in [4.78, 5) is 50.6. The van der Waals surface area contributed by atoms with Gasteiger partial charge >= 0.3 is 11.9 Å². The van der Waals surface area contributed by atoms with Crippen molar-refractivity contribution in [1.82, 2.24) is 0 Å². The number of esters is 2. The van der Waals surface area contributed by atoms with Gasteiger partial charge in [0, 0.05) is 35.8 Å². The Bertz CT molecular complexity index is 982. The predicted octanol–water partition coefficient (Wildman–Crippen LogP) is 4.08. The first-order valence-corrected chi connectivity index (χ1v) is 10.1. The molecular weight excluding hydrogens is 384 g/mol. The molecule has 2 aliphatic carbocycles. The molecule has 0 unspecified atom stereocenters. The van der Waals surface area contributed by atoms with E-state index in [2.05, 4.69) is 0 Å². The number of rotatable bonds is 5. The van der Waals surface area contributed by atoms with Gasteiger partial charge in [-0.05, 0) is 37.1 Å². The molecule has 2 aliphatic rings. The third-order valence-electron chi connectivity index (χ3n) is 5.84. The second kappa shape index (κ2) is 7.86. The van der Waals surface area contributed by atoms with Crippen molar-refractivity contribution >= 4 is 23.5 Å². The van der Waals surface area contributed by atoms with Crippen LogP contribution in [0.5, 0.6) is 0 Å². The Balaban J connectivity index is 1.85. The van der Waals surface area contributed by atoms with E-state index in [1.54, 1.807) is 50.2 Å². The van der Waals surface area contributed by atoms with E-state index in [0.717, 1.165) is 0 Å². The lowest BCUT2D eigenvalue weighted by molar-refractivity contribution is 0.0513. The maximum atomic E-state index is 12.8. The van der Waals surface area contributed by atoms with Crippen molar-refractivity contribution in [3.05, 3.63) is 69.8 Å². The highest BCUT2D eigenvalue weighted by atomic mass is 16.5. The fraction of sp³-hybridized carbons (Fsp3) is 0.333. The molecule has 6 nitrogen and oxygen atoms in total. The molecular formula is C24H22O6. The number of carbonyl (C=O) groups excluding carboxylic acids is 4. The molecule has 2 aromatic rings. The molecule has 0 amide bonds. The standard InChI is InChI=1S/C24H22O6/c1-3-29-23(27)15-9-5-7-13-19(25)11-17(21(13)15)18-12-20(26)14-8-6-10-16(22(14)18)24(28)30-4-2/h5-10,17-18H,3-4,11-12H2,1-2H3/t17-,18+. The Labute approximate surface area is 174 Å². The number of ether oxygens (including phenoxy) is 2. The predicted molar refractivity (Wildman–Crippen MR) is 108 cm³/mol. The molecule has 0 spiro atoms. The molecule has 0 bridgehead atoms. The highest BCUT2D eigenvalue weighted by Crippen LogP contribution is 2.51. The number of Topliss-reactive ketones (excluding diaryl/α,β-unsaturated/α-hetero) is 2. The van der Waals surface area contributed by atoms with Crippen LogP contribution in [0.25, 0.3) is 0 Å². The van der Waals surface area contributed by atoms with Crippen LogP contribution < -0.4 is 0 Å². The highest BCUT2D eigenvalue weighted by Gasteiger charge is 2.44. The average Bonchev–Trinajstić information content (AvgIpc) is 3.25. The molecule has 0 saturated carbocycles. The number of fused-ring (bicyclic) bond motifs is 2. The summed E-state index contributed by atoms with van der Waals surface area (Å²) in [5, 5.41) is 0. The number of carbonyl (C=O) groups is 4. The number of hydrogen-bond donors (Lipinski definition) is 0. The van der Waals surface area contributed by atoms with Gasteiger partial charge in [0.1, 0.15) is 0 Å². The van der Waals surface area contributed by atoms with Crippen LogP contribution in [0.1, 0.15) is 91.1 Å². The van der Waals surface area contributed by atoms with E-state index in [4.69, 9.17) is 9.47 Å². The molecule has 2 atom stereocenters. The lowest BCUT2D eigenvalue weighted by atomic mass is 9.80. The second-order valence-electron chi connectivity index (χ2n) is 7.44. The monoisotopic (exact) mass is 406 g/mol. The largest absolute Gasteiger partial charge is 0.462 e. The third-order valence-corrected chi connectivity index (χ3v) is 5.84. The minimum atomic E-state index is -0.489. The SMILES string of the molecule is CCOC(=O)c1cccc2c1[C@H]([C@H]1CC(=O)c3cccc(C(=O)OCC)c31)CC2=O. The van der Waals surface area contributed by atoms with Gasteiger partial charge in [-0.2, -0.15) is 0 Å². The molecule has 0 aliphatic heterocycles. The van der Waals surface area contributed by atoms with Crippen LogP contribution in [-0.4, -0.2) is 36.7 Å². The molecule has 6 heteroatoms. The third kappa shape index (κ3) is 3.12. The van der Waals surface area contributed by atoms with Crippen molar-refractivity contribution in [3.63, 3.8) is 0 Å². The van der Waals surface area contributed by atoms with E-state index >= 15 is 0 Å². The molecule has 154 valence electrons. The molecule has 0 radical (unpaired) electrons. The molecule has 2 aromatic carbocycles. The number of benzene rings is 2.